The first-order valence-electron chi connectivity index (χ1n) is 3.98. The SMILES string of the molecule is O=C1CCc2c(O)ccc(Cl)c2N1. The number of rotatable bonds is 0. The van der Waals surface area contributed by atoms with Crippen LogP contribution in [0.5, 0.6) is 5.75 Å². The standard InChI is InChI=1S/C9H8ClNO2/c10-6-2-3-7(12)5-1-4-8(13)11-9(5)6/h2-3,12H,1,4H2,(H,11,13). The maximum Gasteiger partial charge on any atom is 0.224 e. The third-order valence-electron chi connectivity index (χ3n) is 2.10. The van der Waals surface area contributed by atoms with Gasteiger partial charge in [-0.15, -0.1) is 0 Å². The first-order valence-corrected chi connectivity index (χ1v) is 4.36. The summed E-state index contributed by atoms with van der Waals surface area (Å²) in [5, 5.41) is 12.6. The van der Waals surface area contributed by atoms with E-state index in [0.717, 1.165) is 5.56 Å². The van der Waals surface area contributed by atoms with Crippen molar-refractivity contribution in [2.75, 3.05) is 5.32 Å². The van der Waals surface area contributed by atoms with Crippen LogP contribution < -0.4 is 5.32 Å². The van der Waals surface area contributed by atoms with E-state index in [-0.39, 0.29) is 11.7 Å². The third kappa shape index (κ3) is 1.35. The molecule has 3 nitrogen and oxygen atoms in total. The fourth-order valence-corrected chi connectivity index (χ4v) is 1.66. The molecule has 1 heterocycles. The monoisotopic (exact) mass is 197 g/mol. The summed E-state index contributed by atoms with van der Waals surface area (Å²) >= 11 is 5.85. The van der Waals surface area contributed by atoms with E-state index in [2.05, 4.69) is 5.32 Å². The number of fused-ring (bicyclic) bond motifs is 1. The largest absolute Gasteiger partial charge is 0.508 e. The summed E-state index contributed by atoms with van der Waals surface area (Å²) in [4.78, 5) is 11.0. The minimum Gasteiger partial charge on any atom is -0.508 e. The Morgan fingerprint density at radius 2 is 2.15 bits per heavy atom. The van der Waals surface area contributed by atoms with Crippen molar-refractivity contribution in [1.29, 1.82) is 0 Å². The van der Waals surface area contributed by atoms with E-state index in [1.165, 1.54) is 0 Å². The second kappa shape index (κ2) is 2.92. The van der Waals surface area contributed by atoms with Crippen LogP contribution in [0.15, 0.2) is 12.1 Å². The van der Waals surface area contributed by atoms with Crippen LogP contribution in [0, 0.1) is 0 Å². The maximum absolute atomic E-state index is 11.0. The van der Waals surface area contributed by atoms with Gasteiger partial charge in [-0.3, -0.25) is 4.79 Å². The average Bonchev–Trinajstić information content (AvgIpc) is 2.12. The van der Waals surface area contributed by atoms with Gasteiger partial charge in [0.1, 0.15) is 5.75 Å². The smallest absolute Gasteiger partial charge is 0.224 e. The highest BCUT2D eigenvalue weighted by molar-refractivity contribution is 6.34. The van der Waals surface area contributed by atoms with Gasteiger partial charge in [-0.2, -0.15) is 0 Å². The van der Waals surface area contributed by atoms with E-state index >= 15 is 0 Å². The van der Waals surface area contributed by atoms with Crippen LogP contribution in [-0.2, 0) is 11.2 Å². The predicted molar refractivity (Wildman–Crippen MR) is 50.1 cm³/mol. The van der Waals surface area contributed by atoms with Gasteiger partial charge in [0, 0.05) is 12.0 Å². The molecule has 4 heteroatoms. The van der Waals surface area contributed by atoms with Gasteiger partial charge >= 0.3 is 0 Å². The van der Waals surface area contributed by atoms with Gasteiger partial charge in [0.05, 0.1) is 10.7 Å². The van der Waals surface area contributed by atoms with E-state index in [1.807, 2.05) is 0 Å². The minimum atomic E-state index is -0.0556. The normalized spacial score (nSPS) is 15.0. The van der Waals surface area contributed by atoms with Gasteiger partial charge in [0.2, 0.25) is 5.91 Å². The molecule has 0 saturated carbocycles. The summed E-state index contributed by atoms with van der Waals surface area (Å²) in [5.74, 6) is 0.138. The molecule has 1 aromatic rings. The Morgan fingerprint density at radius 3 is 2.92 bits per heavy atom. The highest BCUT2D eigenvalue weighted by Crippen LogP contribution is 2.35. The van der Waals surface area contributed by atoms with Crippen molar-refractivity contribution in [3.8, 4) is 5.75 Å². The molecule has 68 valence electrons. The third-order valence-corrected chi connectivity index (χ3v) is 2.42. The molecule has 13 heavy (non-hydrogen) atoms. The Hall–Kier alpha value is -1.22. The van der Waals surface area contributed by atoms with Crippen molar-refractivity contribution >= 4 is 23.2 Å². The van der Waals surface area contributed by atoms with Crippen LogP contribution >= 0.6 is 11.6 Å². The summed E-state index contributed by atoms with van der Waals surface area (Å²) < 4.78 is 0. The Bertz CT molecular complexity index is 376. The van der Waals surface area contributed by atoms with Gasteiger partial charge in [-0.05, 0) is 18.6 Å². The Kier molecular flexibility index (Phi) is 1.88. The summed E-state index contributed by atoms with van der Waals surface area (Å²) in [6.45, 7) is 0. The average molecular weight is 198 g/mol. The number of phenolic OH excluding ortho intramolecular Hbond substituents is 1. The summed E-state index contributed by atoms with van der Waals surface area (Å²) in [6.07, 6.45) is 0.953. The summed E-state index contributed by atoms with van der Waals surface area (Å²) in [7, 11) is 0. The van der Waals surface area contributed by atoms with Gasteiger partial charge in [-0.25, -0.2) is 0 Å². The molecule has 0 radical (unpaired) electrons. The topological polar surface area (TPSA) is 49.3 Å². The molecular formula is C9H8ClNO2. The number of phenols is 1. The van der Waals surface area contributed by atoms with Crippen LogP contribution in [0.3, 0.4) is 0 Å². The van der Waals surface area contributed by atoms with Crippen molar-refractivity contribution in [3.05, 3.63) is 22.7 Å². The first-order chi connectivity index (χ1) is 6.18. The molecular weight excluding hydrogens is 190 g/mol. The number of anilines is 1. The predicted octanol–water partition coefficient (Wildman–Crippen LogP) is 1.93. The van der Waals surface area contributed by atoms with Gasteiger partial charge in [0.25, 0.3) is 0 Å². The first kappa shape index (κ1) is 8.38. The molecule has 0 spiro atoms. The molecule has 0 bridgehead atoms. The van der Waals surface area contributed by atoms with Gasteiger partial charge in [0.15, 0.2) is 0 Å². The number of aromatic hydroxyl groups is 1. The number of carbonyl (C=O) groups excluding carboxylic acids is 1. The van der Waals surface area contributed by atoms with Crippen LogP contribution in [0.4, 0.5) is 5.69 Å². The fraction of sp³-hybridized carbons (Fsp3) is 0.222. The highest BCUT2D eigenvalue weighted by atomic mass is 35.5. The van der Waals surface area contributed by atoms with Crippen molar-refractivity contribution < 1.29 is 9.90 Å². The number of carbonyl (C=O) groups is 1. The van der Waals surface area contributed by atoms with E-state index < -0.39 is 0 Å². The zero-order valence-electron chi connectivity index (χ0n) is 6.80. The lowest BCUT2D eigenvalue weighted by Gasteiger charge is -2.18. The molecule has 1 aliphatic rings. The van der Waals surface area contributed by atoms with Crippen LogP contribution in [0.25, 0.3) is 0 Å². The summed E-state index contributed by atoms with van der Waals surface area (Å²) in [6, 6.07) is 3.11. The number of nitrogens with one attached hydrogen (secondary N) is 1. The van der Waals surface area contributed by atoms with E-state index in [0.29, 0.717) is 23.6 Å². The Morgan fingerprint density at radius 1 is 1.38 bits per heavy atom. The van der Waals surface area contributed by atoms with Gasteiger partial charge in [-0.1, -0.05) is 11.6 Å². The molecule has 0 aromatic heterocycles. The molecule has 0 aliphatic carbocycles. The zero-order valence-corrected chi connectivity index (χ0v) is 7.56. The summed E-state index contributed by atoms with van der Waals surface area (Å²) in [5.41, 5.74) is 1.28. The highest BCUT2D eigenvalue weighted by Gasteiger charge is 2.19. The molecule has 0 fully saturated rings. The number of hydrogen-bond donors (Lipinski definition) is 2. The maximum atomic E-state index is 11.0. The number of amides is 1. The lowest BCUT2D eigenvalue weighted by molar-refractivity contribution is -0.116. The van der Waals surface area contributed by atoms with Crippen molar-refractivity contribution in [2.24, 2.45) is 0 Å². The zero-order chi connectivity index (χ0) is 9.42. The van der Waals surface area contributed by atoms with Crippen LogP contribution in [0.1, 0.15) is 12.0 Å². The van der Waals surface area contributed by atoms with Crippen molar-refractivity contribution in [2.45, 2.75) is 12.8 Å². The number of hydrogen-bond acceptors (Lipinski definition) is 2. The second-order valence-electron chi connectivity index (χ2n) is 2.97. The lowest BCUT2D eigenvalue weighted by Crippen LogP contribution is -2.19. The molecule has 0 saturated heterocycles. The van der Waals surface area contributed by atoms with Crippen LogP contribution in [0.2, 0.25) is 5.02 Å². The Labute approximate surface area is 80.3 Å². The molecule has 1 aromatic carbocycles. The molecule has 2 N–H and O–H groups in total. The molecule has 1 amide bonds. The Balaban J connectivity index is 2.57. The van der Waals surface area contributed by atoms with Gasteiger partial charge < -0.3 is 10.4 Å². The van der Waals surface area contributed by atoms with E-state index in [9.17, 15) is 9.90 Å². The van der Waals surface area contributed by atoms with Crippen molar-refractivity contribution in [1.82, 2.24) is 0 Å². The van der Waals surface area contributed by atoms with Crippen molar-refractivity contribution in [3.63, 3.8) is 0 Å². The van der Waals surface area contributed by atoms with E-state index in [4.69, 9.17) is 11.6 Å². The molecule has 1 aliphatic heterocycles. The van der Waals surface area contributed by atoms with E-state index in [1.54, 1.807) is 12.1 Å². The lowest BCUT2D eigenvalue weighted by atomic mass is 10.0. The van der Waals surface area contributed by atoms with Crippen LogP contribution in [-0.4, -0.2) is 11.0 Å². The quantitative estimate of drug-likeness (QED) is 0.668. The fourth-order valence-electron chi connectivity index (χ4n) is 1.44. The molecule has 2 rings (SSSR count). The molecule has 0 atom stereocenters. The molecule has 0 unspecified atom stereocenters. The minimum absolute atomic E-state index is 0.0556. The number of halogens is 1. The second-order valence-corrected chi connectivity index (χ2v) is 3.38. The number of benzene rings is 1.